The summed E-state index contributed by atoms with van der Waals surface area (Å²) in [7, 11) is -1.77. The van der Waals surface area contributed by atoms with Gasteiger partial charge in [-0.15, -0.1) is 5.10 Å². The Hall–Kier alpha value is -3.65. The SMILES string of the molecule is COc1ccc2c(c1)[C@]1(O[C@@H](CCn3cc(CCO)nn3)[C@H]([Si](C)(C)F)[C@H]1C)C(=O)N2Cc1cccc(NC(=O)[C@H]2CCCN2)c1. The van der Waals surface area contributed by atoms with Crippen molar-refractivity contribution in [3.05, 3.63) is 65.5 Å². The third-order valence-corrected chi connectivity index (χ3v) is 12.1. The number of nitrogens with one attached hydrogen (secondary N) is 2. The number of carbonyl (C=O) groups excluding carboxylic acids is 2. The lowest BCUT2D eigenvalue weighted by Gasteiger charge is -2.31. The number of anilines is 2. The third kappa shape index (κ3) is 5.96. The van der Waals surface area contributed by atoms with Crippen LogP contribution in [0.25, 0.3) is 0 Å². The first-order valence-electron chi connectivity index (χ1n) is 16.1. The highest BCUT2D eigenvalue weighted by Crippen LogP contribution is 2.60. The van der Waals surface area contributed by atoms with Crippen LogP contribution in [0.3, 0.4) is 0 Å². The molecule has 11 nitrogen and oxygen atoms in total. The molecular weight excluding hydrogens is 607 g/mol. The number of nitrogens with zero attached hydrogens (tertiary/aromatic N) is 4. The first-order valence-corrected chi connectivity index (χ1v) is 19.0. The van der Waals surface area contributed by atoms with Crippen LogP contribution in [-0.2, 0) is 39.4 Å². The molecular formula is C33H43FN6O5Si. The highest BCUT2D eigenvalue weighted by atomic mass is 28.4. The summed E-state index contributed by atoms with van der Waals surface area (Å²) < 4.78 is 30.3. The molecule has 1 spiro atoms. The van der Waals surface area contributed by atoms with Gasteiger partial charge >= 0.3 is 0 Å². The summed E-state index contributed by atoms with van der Waals surface area (Å²) in [6.07, 6.45) is 3.88. The smallest absolute Gasteiger partial charge is 0.264 e. The fraction of sp³-hybridized carbons (Fsp3) is 0.515. The van der Waals surface area contributed by atoms with Crippen molar-refractivity contribution >= 4 is 31.6 Å². The molecule has 0 aliphatic carbocycles. The highest BCUT2D eigenvalue weighted by Gasteiger charge is 2.66. The Balaban J connectivity index is 1.30. The molecule has 46 heavy (non-hydrogen) atoms. The van der Waals surface area contributed by atoms with E-state index in [1.807, 2.05) is 49.4 Å². The number of halogens is 1. The zero-order valence-corrected chi connectivity index (χ0v) is 27.8. The summed E-state index contributed by atoms with van der Waals surface area (Å²) in [6, 6.07) is 12.9. The van der Waals surface area contributed by atoms with Crippen LogP contribution in [0.4, 0.5) is 15.5 Å². The van der Waals surface area contributed by atoms with Gasteiger partial charge in [0, 0.05) is 48.5 Å². The molecule has 3 aliphatic rings. The Kier molecular flexibility index (Phi) is 9.03. The average Bonchev–Trinajstić information content (AvgIpc) is 3.81. The molecule has 3 aromatic rings. The zero-order valence-electron chi connectivity index (χ0n) is 26.8. The van der Waals surface area contributed by atoms with Crippen LogP contribution in [0.1, 0.15) is 43.0 Å². The lowest BCUT2D eigenvalue weighted by atomic mass is 9.82. The molecule has 1 aromatic heterocycles. The molecule has 2 saturated heterocycles. The summed E-state index contributed by atoms with van der Waals surface area (Å²) in [6.45, 7) is 6.80. The molecule has 2 fully saturated rings. The zero-order chi connectivity index (χ0) is 32.6. The van der Waals surface area contributed by atoms with Gasteiger partial charge in [-0.1, -0.05) is 24.3 Å². The second kappa shape index (κ2) is 12.9. The van der Waals surface area contributed by atoms with Gasteiger partial charge in [0.15, 0.2) is 5.60 Å². The van der Waals surface area contributed by atoms with E-state index in [0.29, 0.717) is 47.8 Å². The average molecular weight is 651 g/mol. The van der Waals surface area contributed by atoms with Crippen LogP contribution in [0.15, 0.2) is 48.7 Å². The molecule has 4 heterocycles. The maximum Gasteiger partial charge on any atom is 0.264 e. The van der Waals surface area contributed by atoms with Crippen LogP contribution < -0.4 is 20.3 Å². The van der Waals surface area contributed by atoms with E-state index in [9.17, 15) is 14.7 Å². The number of carbonyl (C=O) groups is 2. The fourth-order valence-electron chi connectivity index (χ4n) is 7.58. The molecule has 13 heteroatoms. The molecule has 2 aromatic carbocycles. The van der Waals surface area contributed by atoms with E-state index in [-0.39, 0.29) is 31.0 Å². The number of hydrogen-bond donors (Lipinski definition) is 3. The number of fused-ring (bicyclic) bond motifs is 2. The minimum absolute atomic E-state index is 0.0213. The topological polar surface area (TPSA) is 131 Å². The summed E-state index contributed by atoms with van der Waals surface area (Å²) in [5.41, 5.74) is 1.71. The number of aromatic nitrogens is 3. The van der Waals surface area contributed by atoms with Crippen molar-refractivity contribution in [1.29, 1.82) is 0 Å². The Morgan fingerprint density at radius 3 is 2.83 bits per heavy atom. The van der Waals surface area contributed by atoms with Gasteiger partial charge in [0.05, 0.1) is 37.2 Å². The number of ether oxygens (including phenoxy) is 2. The highest BCUT2D eigenvalue weighted by molar-refractivity contribution is 6.72. The number of rotatable bonds is 11. The summed E-state index contributed by atoms with van der Waals surface area (Å²) in [5, 5.41) is 23.7. The lowest BCUT2D eigenvalue weighted by Crippen LogP contribution is -2.45. The van der Waals surface area contributed by atoms with Crippen LogP contribution in [0.5, 0.6) is 5.75 Å². The van der Waals surface area contributed by atoms with Gasteiger partial charge in [-0.3, -0.25) is 14.3 Å². The summed E-state index contributed by atoms with van der Waals surface area (Å²) >= 11 is 0. The van der Waals surface area contributed by atoms with Crippen molar-refractivity contribution in [2.75, 3.05) is 30.5 Å². The number of benzene rings is 2. The van der Waals surface area contributed by atoms with E-state index >= 15 is 4.11 Å². The quantitative estimate of drug-likeness (QED) is 0.210. The van der Waals surface area contributed by atoms with Gasteiger partial charge in [-0.05, 0) is 74.8 Å². The lowest BCUT2D eigenvalue weighted by molar-refractivity contribution is -0.146. The largest absolute Gasteiger partial charge is 0.497 e. The van der Waals surface area contributed by atoms with Crippen LogP contribution >= 0.6 is 0 Å². The molecule has 0 bridgehead atoms. The van der Waals surface area contributed by atoms with E-state index < -0.39 is 31.6 Å². The Morgan fingerprint density at radius 2 is 2.11 bits per heavy atom. The van der Waals surface area contributed by atoms with E-state index in [0.717, 1.165) is 24.9 Å². The minimum Gasteiger partial charge on any atom is -0.497 e. The molecule has 6 rings (SSSR count). The fourth-order valence-corrected chi connectivity index (χ4v) is 10.1. The van der Waals surface area contributed by atoms with E-state index in [1.165, 1.54) is 0 Å². The normalized spacial score (nSPS) is 25.8. The number of amides is 2. The summed E-state index contributed by atoms with van der Waals surface area (Å²) in [4.78, 5) is 29.2. The monoisotopic (exact) mass is 650 g/mol. The number of methoxy groups -OCH3 is 1. The number of aliphatic hydroxyl groups excluding tert-OH is 1. The third-order valence-electron chi connectivity index (χ3n) is 9.68. The Labute approximate surface area is 269 Å². The second-order valence-electron chi connectivity index (χ2n) is 13.1. The second-order valence-corrected chi connectivity index (χ2v) is 16.9. The molecule has 3 N–H and O–H groups in total. The Bertz CT molecular complexity index is 1590. The number of hydrogen-bond acceptors (Lipinski definition) is 8. The van der Waals surface area contributed by atoms with Crippen LogP contribution in [-0.4, -0.2) is 72.7 Å². The van der Waals surface area contributed by atoms with E-state index in [2.05, 4.69) is 20.9 Å². The molecule has 246 valence electrons. The Morgan fingerprint density at radius 1 is 1.28 bits per heavy atom. The van der Waals surface area contributed by atoms with Crippen molar-refractivity contribution in [2.24, 2.45) is 5.92 Å². The maximum absolute atomic E-state index is 16.2. The molecule has 2 amide bonds. The van der Waals surface area contributed by atoms with E-state index in [1.54, 1.807) is 36.0 Å². The van der Waals surface area contributed by atoms with Crippen molar-refractivity contribution in [3.63, 3.8) is 0 Å². The number of aryl methyl sites for hydroxylation is 1. The number of aliphatic hydroxyl groups is 1. The van der Waals surface area contributed by atoms with Crippen molar-refractivity contribution in [1.82, 2.24) is 20.3 Å². The van der Waals surface area contributed by atoms with Crippen molar-refractivity contribution in [2.45, 2.75) is 82.1 Å². The van der Waals surface area contributed by atoms with Gasteiger partial charge < -0.3 is 34.2 Å². The predicted molar refractivity (Wildman–Crippen MR) is 174 cm³/mol. The minimum atomic E-state index is -3.34. The molecule has 3 aliphatic heterocycles. The molecule has 0 saturated carbocycles. The van der Waals surface area contributed by atoms with Crippen molar-refractivity contribution in [3.8, 4) is 5.75 Å². The first kappa shape index (κ1) is 32.3. The molecule has 0 radical (unpaired) electrons. The van der Waals surface area contributed by atoms with Gasteiger partial charge in [-0.25, -0.2) is 0 Å². The van der Waals surface area contributed by atoms with Gasteiger partial charge in [0.2, 0.25) is 14.3 Å². The summed E-state index contributed by atoms with van der Waals surface area (Å²) in [5.74, 6) is -0.158. The van der Waals surface area contributed by atoms with Gasteiger partial charge in [-0.2, -0.15) is 0 Å². The standard InChI is InChI=1S/C33H43FN6O5Si/c1-21-30(46(3,4)34)29(12-15-39-20-24(13-16-41)37-38-39)45-33(21)26-18-25(44-2)10-11-28(26)40(32(33)43)19-22-7-5-8-23(17-22)36-31(42)27-9-6-14-35-27/h5,7-8,10-11,17-18,20-21,27,29-30,35,41H,6,9,12-16,19H2,1-4H3,(H,36,42)/t21-,27-,29+,30-,33+/m1/s1. The van der Waals surface area contributed by atoms with E-state index in [4.69, 9.17) is 9.47 Å². The van der Waals surface area contributed by atoms with Crippen LogP contribution in [0, 0.1) is 5.92 Å². The first-order chi connectivity index (χ1) is 22.0. The molecule has 5 atom stereocenters. The predicted octanol–water partition coefficient (Wildman–Crippen LogP) is 3.92. The van der Waals surface area contributed by atoms with Gasteiger partial charge in [0.1, 0.15) is 5.75 Å². The van der Waals surface area contributed by atoms with Crippen LogP contribution in [0.2, 0.25) is 18.6 Å². The maximum atomic E-state index is 16.2. The van der Waals surface area contributed by atoms with Gasteiger partial charge in [0.25, 0.3) is 5.91 Å². The molecule has 0 unspecified atom stereocenters. The van der Waals surface area contributed by atoms with Crippen molar-refractivity contribution < 1.29 is 28.3 Å².